The van der Waals surface area contributed by atoms with Crippen molar-refractivity contribution >= 4 is 28.6 Å². The van der Waals surface area contributed by atoms with E-state index in [0.29, 0.717) is 5.92 Å². The Kier molecular flexibility index (Phi) is 3.55. The van der Waals surface area contributed by atoms with E-state index in [4.69, 9.17) is 4.74 Å². The summed E-state index contributed by atoms with van der Waals surface area (Å²) >= 11 is 2.20. The van der Waals surface area contributed by atoms with E-state index in [-0.39, 0.29) is 11.9 Å². The van der Waals surface area contributed by atoms with Crippen LogP contribution >= 0.6 is 22.6 Å². The minimum Gasteiger partial charge on any atom is -0.430 e. The predicted octanol–water partition coefficient (Wildman–Crippen LogP) is 2.52. The number of hydrogen-bond donors (Lipinski definition) is 0. The van der Waals surface area contributed by atoms with Gasteiger partial charge < -0.3 is 4.74 Å². The molecule has 0 fully saturated rings. The van der Waals surface area contributed by atoms with Crippen molar-refractivity contribution in [3.63, 3.8) is 0 Å². The molecule has 0 N–H and O–H groups in total. The number of ether oxygens (including phenoxy) is 1. The molecule has 0 radical (unpaired) electrons. The Morgan fingerprint density at radius 2 is 2.33 bits per heavy atom. The quantitative estimate of drug-likeness (QED) is 0.451. The van der Waals surface area contributed by atoms with Gasteiger partial charge in [0.15, 0.2) is 0 Å². The number of halogens is 1. The van der Waals surface area contributed by atoms with Crippen LogP contribution in [-0.4, -0.2) is 10.4 Å². The van der Waals surface area contributed by atoms with E-state index in [1.807, 2.05) is 6.08 Å². The van der Waals surface area contributed by atoms with Gasteiger partial charge in [0.1, 0.15) is 5.76 Å². The number of carbonyl (C=O) groups is 1. The SMILES string of the molecule is CC(C)C[C@@H]1C=C(CI)OC1=O. The van der Waals surface area contributed by atoms with Gasteiger partial charge in [-0.3, -0.25) is 4.79 Å². The highest BCUT2D eigenvalue weighted by Gasteiger charge is 2.26. The second-order valence-electron chi connectivity index (χ2n) is 3.42. The minimum absolute atomic E-state index is 0.00904. The molecule has 0 aromatic carbocycles. The molecule has 0 unspecified atom stereocenters. The first-order chi connectivity index (χ1) is 5.63. The summed E-state index contributed by atoms with van der Waals surface area (Å²) in [5, 5.41) is 0. The molecule has 68 valence electrons. The Morgan fingerprint density at radius 3 is 2.75 bits per heavy atom. The molecular weight excluding hydrogens is 267 g/mol. The van der Waals surface area contributed by atoms with Crippen LogP contribution in [0.5, 0.6) is 0 Å². The third kappa shape index (κ3) is 2.47. The van der Waals surface area contributed by atoms with Crippen molar-refractivity contribution < 1.29 is 9.53 Å². The zero-order valence-corrected chi connectivity index (χ0v) is 9.50. The molecule has 1 aliphatic heterocycles. The Hall–Kier alpha value is -0.0600. The lowest BCUT2D eigenvalue weighted by atomic mass is 9.98. The van der Waals surface area contributed by atoms with Crippen LogP contribution in [0.1, 0.15) is 20.3 Å². The maximum absolute atomic E-state index is 11.2. The summed E-state index contributed by atoms with van der Waals surface area (Å²) in [4.78, 5) is 11.2. The highest BCUT2D eigenvalue weighted by molar-refractivity contribution is 14.1. The lowest BCUT2D eigenvalue weighted by molar-refractivity contribution is -0.140. The van der Waals surface area contributed by atoms with Crippen molar-refractivity contribution in [1.29, 1.82) is 0 Å². The zero-order valence-electron chi connectivity index (χ0n) is 7.34. The largest absolute Gasteiger partial charge is 0.430 e. The second-order valence-corrected chi connectivity index (χ2v) is 4.19. The molecule has 0 spiro atoms. The molecule has 2 nitrogen and oxygen atoms in total. The van der Waals surface area contributed by atoms with Gasteiger partial charge in [0.25, 0.3) is 0 Å². The zero-order chi connectivity index (χ0) is 9.14. The molecule has 1 rings (SSSR count). The molecule has 12 heavy (non-hydrogen) atoms. The molecule has 0 amide bonds. The average molecular weight is 280 g/mol. The fourth-order valence-electron chi connectivity index (χ4n) is 1.28. The van der Waals surface area contributed by atoms with Gasteiger partial charge in [-0.1, -0.05) is 36.4 Å². The van der Waals surface area contributed by atoms with Crippen molar-refractivity contribution in [3.05, 3.63) is 11.8 Å². The summed E-state index contributed by atoms with van der Waals surface area (Å²) < 4.78 is 5.83. The molecule has 0 aromatic rings. The van der Waals surface area contributed by atoms with E-state index in [0.717, 1.165) is 16.6 Å². The lowest BCUT2D eigenvalue weighted by Crippen LogP contribution is -2.10. The van der Waals surface area contributed by atoms with Crippen LogP contribution in [0, 0.1) is 11.8 Å². The highest BCUT2D eigenvalue weighted by Crippen LogP contribution is 2.24. The summed E-state index contributed by atoms with van der Waals surface area (Å²) in [6.45, 7) is 4.23. The summed E-state index contributed by atoms with van der Waals surface area (Å²) in [7, 11) is 0. The van der Waals surface area contributed by atoms with E-state index >= 15 is 0 Å². The van der Waals surface area contributed by atoms with Crippen molar-refractivity contribution in [3.8, 4) is 0 Å². The molecule has 0 aliphatic carbocycles. The van der Waals surface area contributed by atoms with Crippen molar-refractivity contribution in [2.24, 2.45) is 11.8 Å². The van der Waals surface area contributed by atoms with Gasteiger partial charge in [-0.05, 0) is 18.4 Å². The molecule has 3 heteroatoms. The molecule has 0 saturated heterocycles. The van der Waals surface area contributed by atoms with Crippen LogP contribution in [0.25, 0.3) is 0 Å². The third-order valence-corrected chi connectivity index (χ3v) is 2.53. The number of esters is 1. The number of carbonyl (C=O) groups excluding carboxylic acids is 1. The van der Waals surface area contributed by atoms with Gasteiger partial charge in [-0.2, -0.15) is 0 Å². The van der Waals surface area contributed by atoms with Crippen molar-refractivity contribution in [2.45, 2.75) is 20.3 Å². The first-order valence-electron chi connectivity index (χ1n) is 4.12. The first-order valence-corrected chi connectivity index (χ1v) is 5.64. The van der Waals surface area contributed by atoms with Gasteiger partial charge in [0.05, 0.1) is 10.3 Å². The Balaban J connectivity index is 2.54. The normalized spacial score (nSPS) is 22.8. The van der Waals surface area contributed by atoms with Crippen LogP contribution in [-0.2, 0) is 9.53 Å². The fraction of sp³-hybridized carbons (Fsp3) is 0.667. The standard InChI is InChI=1S/C9H13IO2/c1-6(2)3-7-4-8(5-10)12-9(7)11/h4,6-7H,3,5H2,1-2H3/t7-/m1/s1. The summed E-state index contributed by atoms with van der Waals surface area (Å²) in [6, 6.07) is 0. The second kappa shape index (κ2) is 4.25. The topological polar surface area (TPSA) is 26.3 Å². The number of cyclic esters (lactones) is 1. The summed E-state index contributed by atoms with van der Waals surface area (Å²) in [5.41, 5.74) is 0. The Labute approximate surface area is 86.5 Å². The molecule has 0 bridgehead atoms. The van der Waals surface area contributed by atoms with E-state index < -0.39 is 0 Å². The van der Waals surface area contributed by atoms with Crippen LogP contribution in [0.2, 0.25) is 0 Å². The van der Waals surface area contributed by atoms with Crippen LogP contribution in [0.3, 0.4) is 0 Å². The van der Waals surface area contributed by atoms with Gasteiger partial charge in [0.2, 0.25) is 0 Å². The van der Waals surface area contributed by atoms with Crippen LogP contribution < -0.4 is 0 Å². The van der Waals surface area contributed by atoms with E-state index in [1.54, 1.807) is 0 Å². The molecule has 1 atom stereocenters. The van der Waals surface area contributed by atoms with Crippen LogP contribution in [0.15, 0.2) is 11.8 Å². The van der Waals surface area contributed by atoms with E-state index in [1.165, 1.54) is 0 Å². The average Bonchev–Trinajstić information content (AvgIpc) is 2.31. The predicted molar refractivity (Wildman–Crippen MR) is 56.0 cm³/mol. The van der Waals surface area contributed by atoms with E-state index in [9.17, 15) is 4.79 Å². The van der Waals surface area contributed by atoms with Gasteiger partial charge in [-0.25, -0.2) is 0 Å². The molecule has 0 aromatic heterocycles. The summed E-state index contributed by atoms with van der Waals surface area (Å²) in [5.74, 6) is 1.31. The van der Waals surface area contributed by atoms with Crippen LogP contribution in [0.4, 0.5) is 0 Å². The first kappa shape index (κ1) is 10.0. The molecule has 1 heterocycles. The van der Waals surface area contributed by atoms with Gasteiger partial charge in [-0.15, -0.1) is 0 Å². The number of alkyl halides is 1. The minimum atomic E-state index is -0.0737. The molecule has 0 saturated carbocycles. The molecular formula is C9H13IO2. The maximum atomic E-state index is 11.2. The lowest BCUT2D eigenvalue weighted by Gasteiger charge is -2.06. The maximum Gasteiger partial charge on any atom is 0.318 e. The van der Waals surface area contributed by atoms with Crippen molar-refractivity contribution in [2.75, 3.05) is 4.43 Å². The summed E-state index contributed by atoms with van der Waals surface area (Å²) in [6.07, 6.45) is 2.85. The number of allylic oxidation sites excluding steroid dienone is 1. The highest BCUT2D eigenvalue weighted by atomic mass is 127. The fourth-order valence-corrected chi connectivity index (χ4v) is 1.69. The smallest absolute Gasteiger partial charge is 0.318 e. The van der Waals surface area contributed by atoms with Gasteiger partial charge >= 0.3 is 5.97 Å². The Bertz CT molecular complexity index is 209. The monoisotopic (exact) mass is 280 g/mol. The molecule has 1 aliphatic rings. The van der Waals surface area contributed by atoms with E-state index in [2.05, 4.69) is 36.4 Å². The third-order valence-electron chi connectivity index (χ3n) is 1.78. The van der Waals surface area contributed by atoms with Crippen molar-refractivity contribution in [1.82, 2.24) is 0 Å². The van der Waals surface area contributed by atoms with Gasteiger partial charge in [0, 0.05) is 0 Å². The Morgan fingerprint density at radius 1 is 1.67 bits per heavy atom. The number of hydrogen-bond acceptors (Lipinski definition) is 2. The number of rotatable bonds is 3.